The van der Waals surface area contributed by atoms with Crippen molar-refractivity contribution in [1.29, 1.82) is 0 Å². The minimum Gasteiger partial charge on any atom is -0.480 e. The van der Waals surface area contributed by atoms with Crippen LogP contribution in [0.4, 0.5) is 4.79 Å². The van der Waals surface area contributed by atoms with Crippen LogP contribution in [0.5, 0.6) is 0 Å². The van der Waals surface area contributed by atoms with Crippen molar-refractivity contribution >= 4 is 24.6 Å². The van der Waals surface area contributed by atoms with Crippen molar-refractivity contribution in [3.8, 4) is 0 Å². The summed E-state index contributed by atoms with van der Waals surface area (Å²) >= 11 is 0. The topological polar surface area (TPSA) is 130 Å². The molecule has 0 aromatic rings. The second kappa shape index (κ2) is 27.4. The normalized spacial score (nSPS) is 12.9. The van der Waals surface area contributed by atoms with Crippen LogP contribution in [-0.2, 0) is 19.1 Å². The zero-order valence-corrected chi connectivity index (χ0v) is 39.9. The zero-order chi connectivity index (χ0) is 44.7. The highest BCUT2D eigenvalue weighted by molar-refractivity contribution is 5.79. The number of rotatable bonds is 16. The average molecular weight is 772 g/mol. The molecule has 0 aliphatic rings. The predicted octanol–water partition coefficient (Wildman–Crippen LogP) is 12.5. The van der Waals surface area contributed by atoms with Crippen molar-refractivity contribution in [1.82, 2.24) is 5.32 Å². The van der Waals surface area contributed by atoms with E-state index in [-0.39, 0.29) is 16.2 Å². The fraction of sp³-hybridized carbons (Fsp3) is 0.870. The molecule has 0 saturated heterocycles. The van der Waals surface area contributed by atoms with Gasteiger partial charge in [-0.05, 0) is 91.3 Å². The number of nitrogens with one attached hydrogen (secondary N) is 1. The molecule has 3 N–H and O–H groups in total. The third kappa shape index (κ3) is 32.1. The van der Waals surface area contributed by atoms with E-state index in [2.05, 4.69) is 137 Å². The number of allylic oxidation sites excluding steroid dienone is 1. The summed E-state index contributed by atoms with van der Waals surface area (Å²) < 4.78 is 5.08. The number of carbonyl (C=O) groups is 4. The summed E-state index contributed by atoms with van der Waals surface area (Å²) in [6.07, 6.45) is 6.02. The van der Waals surface area contributed by atoms with E-state index in [0.717, 1.165) is 25.4 Å². The molecular weight excluding hydrogens is 679 g/mol. The van der Waals surface area contributed by atoms with Gasteiger partial charge in [0.1, 0.15) is 24.2 Å². The summed E-state index contributed by atoms with van der Waals surface area (Å²) in [5, 5.41) is 20.3. The van der Waals surface area contributed by atoms with Crippen LogP contribution in [0.25, 0.3) is 0 Å². The lowest BCUT2D eigenvalue weighted by atomic mass is 9.76. The van der Waals surface area contributed by atoms with E-state index in [0.29, 0.717) is 59.9 Å². The number of hydrogen-bond acceptors (Lipinski definition) is 6. The minimum atomic E-state index is -1.03. The first-order valence-corrected chi connectivity index (χ1v) is 20.2. The van der Waals surface area contributed by atoms with Gasteiger partial charge < -0.3 is 29.9 Å². The smallest absolute Gasteiger partial charge is 0.408 e. The fourth-order valence-corrected chi connectivity index (χ4v) is 2.91. The van der Waals surface area contributed by atoms with E-state index in [4.69, 9.17) is 9.84 Å². The lowest BCUT2D eigenvalue weighted by Gasteiger charge is -2.30. The lowest BCUT2D eigenvalue weighted by molar-refractivity contribution is -0.139. The second-order valence-electron chi connectivity index (χ2n) is 20.6. The number of carboxylic acid groups (broad SMARTS) is 1. The van der Waals surface area contributed by atoms with Gasteiger partial charge in [-0.1, -0.05) is 145 Å². The molecule has 0 aliphatic carbocycles. The summed E-state index contributed by atoms with van der Waals surface area (Å²) in [6.45, 7) is 51.8. The molecule has 0 aromatic carbocycles. The molecule has 0 bridgehead atoms. The van der Waals surface area contributed by atoms with Crippen molar-refractivity contribution in [3.63, 3.8) is 0 Å². The predicted molar refractivity (Wildman–Crippen MR) is 232 cm³/mol. The molecule has 0 radical (unpaired) electrons. The van der Waals surface area contributed by atoms with Gasteiger partial charge in [0.2, 0.25) is 0 Å². The van der Waals surface area contributed by atoms with Crippen LogP contribution in [0.3, 0.4) is 0 Å². The number of aliphatic hydroxyl groups excluding tert-OH is 1. The molecule has 0 aliphatic heterocycles. The van der Waals surface area contributed by atoms with Crippen LogP contribution in [-0.4, -0.2) is 53.1 Å². The van der Waals surface area contributed by atoms with Gasteiger partial charge in [-0.25, -0.2) is 9.59 Å². The van der Waals surface area contributed by atoms with Crippen molar-refractivity contribution in [2.45, 2.75) is 197 Å². The number of hydrogen-bond donors (Lipinski definition) is 3. The van der Waals surface area contributed by atoms with Gasteiger partial charge in [0.25, 0.3) is 0 Å². The number of ether oxygens (including phenoxy) is 1. The van der Waals surface area contributed by atoms with Crippen LogP contribution < -0.4 is 5.32 Å². The van der Waals surface area contributed by atoms with Crippen LogP contribution >= 0.6 is 0 Å². The molecule has 0 spiro atoms. The van der Waals surface area contributed by atoms with Gasteiger partial charge in [-0.2, -0.15) is 0 Å². The van der Waals surface area contributed by atoms with E-state index in [1.54, 1.807) is 20.8 Å². The number of carboxylic acids is 1. The van der Waals surface area contributed by atoms with Crippen LogP contribution in [0.15, 0.2) is 12.7 Å². The van der Waals surface area contributed by atoms with Gasteiger partial charge >= 0.3 is 12.1 Å². The summed E-state index contributed by atoms with van der Waals surface area (Å²) in [5.41, 5.74) is 0.0458. The highest BCUT2D eigenvalue weighted by Crippen LogP contribution is 2.32. The first kappa shape index (κ1) is 61.0. The standard InChI is InChI=1S/C15H29NO4.C8H18O.C8H16O.C8H16.C7H14O/c1-10(2)15(6,7)9-8-11(12(17)18)16-13(19)20-14(3,4)5;2*1-7(2)8(3,4)5-6-9;1-6-8(4,5)7(2)3;1-6(2)7(3,4)5-8/h10-11H,8-9H2,1-7H3,(H,16,19)(H,17,18);7,9H,5-6H2,1-4H3;6-7H,5H2,1-4H3;6-7H,1H2,2-5H3;5-6H,1-4H3. The van der Waals surface area contributed by atoms with Crippen molar-refractivity contribution < 1.29 is 34.1 Å². The van der Waals surface area contributed by atoms with E-state index >= 15 is 0 Å². The molecule has 1 atom stereocenters. The molecule has 0 fully saturated rings. The minimum absolute atomic E-state index is 0.0311. The van der Waals surface area contributed by atoms with Crippen molar-refractivity contribution in [2.75, 3.05) is 6.61 Å². The maximum Gasteiger partial charge on any atom is 0.408 e. The number of aldehydes is 2. The zero-order valence-electron chi connectivity index (χ0n) is 39.9. The van der Waals surface area contributed by atoms with E-state index in [1.807, 2.05) is 19.9 Å². The number of aliphatic carboxylic acids is 1. The Morgan fingerprint density at radius 1 is 0.630 bits per heavy atom. The molecule has 54 heavy (non-hydrogen) atoms. The second-order valence-corrected chi connectivity index (χ2v) is 20.6. The Balaban J connectivity index is -0.000000199. The molecule has 324 valence electrons. The highest BCUT2D eigenvalue weighted by Gasteiger charge is 2.29. The lowest BCUT2D eigenvalue weighted by Crippen LogP contribution is -2.44. The first-order chi connectivity index (χ1) is 23.9. The summed E-state index contributed by atoms with van der Waals surface area (Å²) in [7, 11) is 0. The largest absolute Gasteiger partial charge is 0.480 e. The average Bonchev–Trinajstić information content (AvgIpc) is 2.99. The van der Waals surface area contributed by atoms with Gasteiger partial charge in [-0.15, -0.1) is 6.58 Å². The van der Waals surface area contributed by atoms with Crippen LogP contribution in [0.2, 0.25) is 0 Å². The molecule has 1 unspecified atom stereocenters. The molecule has 0 heterocycles. The SMILES string of the molecule is C=CC(C)(C)C(C)C.CC(C)C(C)(C)C=O.CC(C)C(C)(C)CC=O.CC(C)C(C)(C)CCC(NC(=O)OC(C)(C)C)C(=O)O.CC(C)C(C)(C)CCO. The Morgan fingerprint density at radius 2 is 1.00 bits per heavy atom. The van der Waals surface area contributed by atoms with Crippen molar-refractivity contribution in [2.24, 2.45) is 56.7 Å². The molecule has 0 rings (SSSR count). The maximum atomic E-state index is 11.6. The highest BCUT2D eigenvalue weighted by atomic mass is 16.6. The molecule has 0 aromatic heterocycles. The Hall–Kier alpha value is -2.22. The quantitative estimate of drug-likeness (QED) is 0.105. The Morgan fingerprint density at radius 3 is 1.17 bits per heavy atom. The van der Waals surface area contributed by atoms with Crippen LogP contribution in [0, 0.1) is 56.7 Å². The molecule has 8 heteroatoms. The van der Waals surface area contributed by atoms with Crippen LogP contribution in [0.1, 0.15) is 185 Å². The summed E-state index contributed by atoms with van der Waals surface area (Å²) in [5.74, 6) is 1.79. The van der Waals surface area contributed by atoms with Gasteiger partial charge in [-0.3, -0.25) is 0 Å². The van der Waals surface area contributed by atoms with Gasteiger partial charge in [0, 0.05) is 18.4 Å². The maximum absolute atomic E-state index is 11.6. The first-order valence-electron chi connectivity index (χ1n) is 20.2. The molecule has 8 nitrogen and oxygen atoms in total. The van der Waals surface area contributed by atoms with E-state index in [9.17, 15) is 24.3 Å². The monoisotopic (exact) mass is 772 g/mol. The van der Waals surface area contributed by atoms with E-state index in [1.165, 1.54) is 0 Å². The Bertz CT molecular complexity index is 1000. The number of amides is 1. The van der Waals surface area contributed by atoms with Gasteiger partial charge in [0.05, 0.1) is 0 Å². The fourth-order valence-electron chi connectivity index (χ4n) is 2.91. The van der Waals surface area contributed by atoms with Crippen molar-refractivity contribution in [3.05, 3.63) is 12.7 Å². The number of carbonyl (C=O) groups excluding carboxylic acids is 3. The Kier molecular flexibility index (Phi) is 30.9. The number of aliphatic hydroxyl groups is 1. The Labute approximate surface area is 335 Å². The third-order valence-corrected chi connectivity index (χ3v) is 11.9. The third-order valence-electron chi connectivity index (χ3n) is 11.9. The number of alkyl carbamates (subject to hydrolysis) is 1. The molecule has 1 amide bonds. The molecule has 0 saturated carbocycles. The summed E-state index contributed by atoms with van der Waals surface area (Å²) in [6, 6.07) is -0.914. The summed E-state index contributed by atoms with van der Waals surface area (Å²) in [4.78, 5) is 43.2. The van der Waals surface area contributed by atoms with Gasteiger partial charge in [0.15, 0.2) is 0 Å². The van der Waals surface area contributed by atoms with E-state index < -0.39 is 23.7 Å². The molecular formula is C46H93NO7.